The predicted molar refractivity (Wildman–Crippen MR) is 82.2 cm³/mol. The van der Waals surface area contributed by atoms with Crippen molar-refractivity contribution in [1.29, 1.82) is 0 Å². The Bertz CT molecular complexity index is 700. The van der Waals surface area contributed by atoms with Gasteiger partial charge in [0.15, 0.2) is 0 Å². The molecule has 0 amide bonds. The highest BCUT2D eigenvalue weighted by molar-refractivity contribution is 5.57. The van der Waals surface area contributed by atoms with Crippen LogP contribution in [0.15, 0.2) is 42.5 Å². The Morgan fingerprint density at radius 2 is 1.95 bits per heavy atom. The van der Waals surface area contributed by atoms with Gasteiger partial charge in [-0.25, -0.2) is 0 Å². The molecule has 0 aromatic heterocycles. The van der Waals surface area contributed by atoms with Crippen molar-refractivity contribution in [2.75, 3.05) is 5.32 Å². The molecule has 2 aromatic carbocycles. The number of benzene rings is 2. The molecule has 1 aliphatic rings. The molecule has 2 atom stereocenters. The van der Waals surface area contributed by atoms with Crippen LogP contribution in [0.3, 0.4) is 0 Å². The Hall–Kier alpha value is -2.40. The topological polar surface area (TPSA) is 81.2 Å². The Balaban J connectivity index is 1.87. The summed E-state index contributed by atoms with van der Waals surface area (Å²) in [6.07, 6.45) is 0.829. The van der Waals surface area contributed by atoms with E-state index in [9.17, 15) is 10.1 Å². The van der Waals surface area contributed by atoms with Gasteiger partial charge >= 0.3 is 0 Å². The van der Waals surface area contributed by atoms with Crippen molar-refractivity contribution >= 4 is 11.4 Å². The van der Waals surface area contributed by atoms with Gasteiger partial charge in [0.1, 0.15) is 0 Å². The number of rotatable bonds is 3. The molecule has 0 aliphatic heterocycles. The molecular weight excluding hydrogens is 266 g/mol. The van der Waals surface area contributed by atoms with Gasteiger partial charge < -0.3 is 11.1 Å². The molecule has 5 heteroatoms. The SMILES string of the molecule is Cc1cc([N+](=O)[O-])ccc1NC1CC(N)c2ccccc21. The van der Waals surface area contributed by atoms with Crippen molar-refractivity contribution in [3.05, 3.63) is 69.3 Å². The standard InChI is InChI=1S/C16H17N3O2/c1-10-8-11(19(20)21)6-7-15(10)18-16-9-14(17)12-4-2-3-5-13(12)16/h2-8,14,16,18H,9,17H2,1H3. The molecule has 1 aliphatic carbocycles. The van der Waals surface area contributed by atoms with Crippen LogP contribution >= 0.6 is 0 Å². The van der Waals surface area contributed by atoms with Crippen LogP contribution in [0.5, 0.6) is 0 Å². The molecule has 3 rings (SSSR count). The lowest BCUT2D eigenvalue weighted by Crippen LogP contribution is -2.10. The molecular formula is C16H17N3O2. The second kappa shape index (κ2) is 5.18. The van der Waals surface area contributed by atoms with Crippen molar-refractivity contribution in [3.63, 3.8) is 0 Å². The largest absolute Gasteiger partial charge is 0.378 e. The summed E-state index contributed by atoms with van der Waals surface area (Å²) in [5.74, 6) is 0. The molecule has 0 fully saturated rings. The third-order valence-corrected chi connectivity index (χ3v) is 4.01. The first kappa shape index (κ1) is 13.6. The number of non-ortho nitro benzene ring substituents is 1. The fourth-order valence-electron chi connectivity index (χ4n) is 2.92. The molecule has 21 heavy (non-hydrogen) atoms. The first-order valence-corrected chi connectivity index (χ1v) is 6.92. The second-order valence-electron chi connectivity index (χ2n) is 5.42. The maximum atomic E-state index is 10.8. The van der Waals surface area contributed by atoms with E-state index in [1.807, 2.05) is 19.1 Å². The van der Waals surface area contributed by atoms with E-state index in [1.165, 1.54) is 17.2 Å². The van der Waals surface area contributed by atoms with Gasteiger partial charge in [-0.3, -0.25) is 10.1 Å². The lowest BCUT2D eigenvalue weighted by molar-refractivity contribution is -0.384. The first-order valence-electron chi connectivity index (χ1n) is 6.92. The van der Waals surface area contributed by atoms with E-state index < -0.39 is 0 Å². The Morgan fingerprint density at radius 3 is 2.62 bits per heavy atom. The van der Waals surface area contributed by atoms with Gasteiger partial charge in [-0.05, 0) is 36.1 Å². The number of nitrogens with one attached hydrogen (secondary N) is 1. The van der Waals surface area contributed by atoms with Crippen LogP contribution in [-0.2, 0) is 0 Å². The van der Waals surface area contributed by atoms with Crippen LogP contribution in [0, 0.1) is 17.0 Å². The summed E-state index contributed by atoms with van der Waals surface area (Å²) in [6.45, 7) is 1.87. The normalized spacial score (nSPS) is 20.1. The van der Waals surface area contributed by atoms with E-state index >= 15 is 0 Å². The third kappa shape index (κ3) is 2.48. The zero-order valence-electron chi connectivity index (χ0n) is 11.7. The number of hydrogen-bond acceptors (Lipinski definition) is 4. The maximum absolute atomic E-state index is 10.8. The number of nitro groups is 1. The van der Waals surface area contributed by atoms with Gasteiger partial charge in [-0.1, -0.05) is 24.3 Å². The molecule has 0 bridgehead atoms. The minimum atomic E-state index is -0.377. The van der Waals surface area contributed by atoms with Gasteiger partial charge in [0.2, 0.25) is 0 Å². The number of nitro benzene ring substituents is 1. The zero-order valence-corrected chi connectivity index (χ0v) is 11.7. The molecule has 108 valence electrons. The summed E-state index contributed by atoms with van der Waals surface area (Å²) >= 11 is 0. The number of anilines is 1. The number of nitrogens with two attached hydrogens (primary N) is 1. The minimum absolute atomic E-state index is 0.0389. The van der Waals surface area contributed by atoms with E-state index in [1.54, 1.807) is 12.1 Å². The first-order chi connectivity index (χ1) is 10.1. The van der Waals surface area contributed by atoms with Crippen LogP contribution in [-0.4, -0.2) is 4.92 Å². The summed E-state index contributed by atoms with van der Waals surface area (Å²) in [5.41, 5.74) is 10.4. The predicted octanol–water partition coefficient (Wildman–Crippen LogP) is 3.46. The van der Waals surface area contributed by atoms with Crippen molar-refractivity contribution in [1.82, 2.24) is 0 Å². The minimum Gasteiger partial charge on any atom is -0.378 e. The quantitative estimate of drug-likeness (QED) is 0.667. The van der Waals surface area contributed by atoms with Gasteiger partial charge in [0.05, 0.1) is 11.0 Å². The fourth-order valence-corrected chi connectivity index (χ4v) is 2.92. The van der Waals surface area contributed by atoms with Crippen LogP contribution in [0.25, 0.3) is 0 Å². The van der Waals surface area contributed by atoms with Crippen LogP contribution in [0.2, 0.25) is 0 Å². The van der Waals surface area contributed by atoms with Crippen molar-refractivity contribution < 1.29 is 4.92 Å². The molecule has 2 aromatic rings. The Kier molecular flexibility index (Phi) is 3.35. The van der Waals surface area contributed by atoms with E-state index in [-0.39, 0.29) is 22.7 Å². The van der Waals surface area contributed by atoms with Crippen molar-refractivity contribution in [2.45, 2.75) is 25.4 Å². The van der Waals surface area contributed by atoms with E-state index in [0.29, 0.717) is 0 Å². The molecule has 0 saturated heterocycles. The van der Waals surface area contributed by atoms with Crippen molar-refractivity contribution in [2.24, 2.45) is 5.73 Å². The average Bonchev–Trinajstić information content (AvgIpc) is 2.78. The summed E-state index contributed by atoms with van der Waals surface area (Å²) in [7, 11) is 0. The summed E-state index contributed by atoms with van der Waals surface area (Å²) in [6, 6.07) is 13.2. The Morgan fingerprint density at radius 1 is 1.24 bits per heavy atom. The lowest BCUT2D eigenvalue weighted by Gasteiger charge is -2.17. The van der Waals surface area contributed by atoms with E-state index in [2.05, 4.69) is 17.4 Å². The summed E-state index contributed by atoms with van der Waals surface area (Å²) in [5, 5.41) is 14.2. The van der Waals surface area contributed by atoms with Crippen LogP contribution < -0.4 is 11.1 Å². The number of nitrogens with zero attached hydrogens (tertiary/aromatic N) is 1. The molecule has 5 nitrogen and oxygen atoms in total. The molecule has 0 heterocycles. The monoisotopic (exact) mass is 283 g/mol. The smallest absolute Gasteiger partial charge is 0.269 e. The highest BCUT2D eigenvalue weighted by atomic mass is 16.6. The zero-order chi connectivity index (χ0) is 15.0. The molecule has 3 N–H and O–H groups in total. The van der Waals surface area contributed by atoms with Crippen LogP contribution in [0.4, 0.5) is 11.4 Å². The summed E-state index contributed by atoms with van der Waals surface area (Å²) in [4.78, 5) is 10.4. The third-order valence-electron chi connectivity index (χ3n) is 4.01. The van der Waals surface area contributed by atoms with Gasteiger partial charge in [-0.15, -0.1) is 0 Å². The average molecular weight is 283 g/mol. The summed E-state index contributed by atoms with van der Waals surface area (Å²) < 4.78 is 0. The van der Waals surface area contributed by atoms with Gasteiger partial charge in [-0.2, -0.15) is 0 Å². The van der Waals surface area contributed by atoms with E-state index in [0.717, 1.165) is 17.7 Å². The highest BCUT2D eigenvalue weighted by Gasteiger charge is 2.28. The number of hydrogen-bond donors (Lipinski definition) is 2. The number of fused-ring (bicyclic) bond motifs is 1. The maximum Gasteiger partial charge on any atom is 0.269 e. The molecule has 0 saturated carbocycles. The lowest BCUT2D eigenvalue weighted by atomic mass is 10.1. The Labute approximate surface area is 122 Å². The highest BCUT2D eigenvalue weighted by Crippen LogP contribution is 2.39. The second-order valence-corrected chi connectivity index (χ2v) is 5.42. The van der Waals surface area contributed by atoms with Crippen molar-refractivity contribution in [3.8, 4) is 0 Å². The van der Waals surface area contributed by atoms with Crippen LogP contribution in [0.1, 0.15) is 35.2 Å². The van der Waals surface area contributed by atoms with Gasteiger partial charge in [0.25, 0.3) is 5.69 Å². The van der Waals surface area contributed by atoms with Gasteiger partial charge in [0, 0.05) is 23.9 Å². The van der Waals surface area contributed by atoms with E-state index in [4.69, 9.17) is 5.73 Å². The fraction of sp³-hybridized carbons (Fsp3) is 0.250. The number of aryl methyl sites for hydroxylation is 1. The molecule has 0 radical (unpaired) electrons. The molecule has 2 unspecified atom stereocenters. The molecule has 0 spiro atoms.